The van der Waals surface area contributed by atoms with Crippen LogP contribution in [0, 0.1) is 13.8 Å². The van der Waals surface area contributed by atoms with Gasteiger partial charge in [0.15, 0.2) is 0 Å². The van der Waals surface area contributed by atoms with E-state index in [0.29, 0.717) is 29.2 Å². The summed E-state index contributed by atoms with van der Waals surface area (Å²) in [6.45, 7) is 8.17. The number of nitrogens with zero attached hydrogens (tertiary/aromatic N) is 1. The van der Waals surface area contributed by atoms with E-state index in [1.54, 1.807) is 19.1 Å². The second-order valence-corrected chi connectivity index (χ2v) is 5.97. The van der Waals surface area contributed by atoms with Crippen LogP contribution >= 0.6 is 0 Å². The molecule has 4 nitrogen and oxygen atoms in total. The SMILES string of the molecule is CCN(CC)S(=O)(=O)c1cc(C)cc(N)c1C. The van der Waals surface area contributed by atoms with Gasteiger partial charge in [-0.05, 0) is 37.1 Å². The van der Waals surface area contributed by atoms with Crippen molar-refractivity contribution in [3.05, 3.63) is 23.3 Å². The number of benzene rings is 1. The van der Waals surface area contributed by atoms with Crippen LogP contribution in [-0.2, 0) is 10.0 Å². The lowest BCUT2D eigenvalue weighted by Gasteiger charge is -2.20. The number of sulfonamides is 1. The molecule has 1 aromatic rings. The standard InChI is InChI=1S/C12H20N2O2S/c1-5-14(6-2)17(15,16)12-8-9(3)7-11(13)10(12)4/h7-8H,5-6,13H2,1-4H3. The van der Waals surface area contributed by atoms with Crippen LogP contribution < -0.4 is 5.73 Å². The van der Waals surface area contributed by atoms with E-state index in [1.165, 1.54) is 4.31 Å². The highest BCUT2D eigenvalue weighted by Gasteiger charge is 2.24. The average molecular weight is 256 g/mol. The Labute approximate surface area is 103 Å². The first kappa shape index (κ1) is 14.0. The van der Waals surface area contributed by atoms with Crippen molar-refractivity contribution in [1.29, 1.82) is 0 Å². The second kappa shape index (κ2) is 5.06. The molecule has 0 saturated carbocycles. The van der Waals surface area contributed by atoms with Crippen LogP contribution in [0.1, 0.15) is 25.0 Å². The molecular weight excluding hydrogens is 236 g/mol. The molecule has 96 valence electrons. The Morgan fingerprint density at radius 2 is 1.71 bits per heavy atom. The summed E-state index contributed by atoms with van der Waals surface area (Å²) in [7, 11) is -3.42. The molecule has 0 saturated heterocycles. The Bertz CT molecular complexity index is 505. The third-order valence-electron chi connectivity index (χ3n) is 2.87. The molecular formula is C12H20N2O2S. The number of nitrogens with two attached hydrogens (primary N) is 1. The van der Waals surface area contributed by atoms with Gasteiger partial charge >= 0.3 is 0 Å². The Morgan fingerprint density at radius 1 is 1.18 bits per heavy atom. The molecule has 2 N–H and O–H groups in total. The molecule has 0 fully saturated rings. The highest BCUT2D eigenvalue weighted by Crippen LogP contribution is 2.25. The summed E-state index contributed by atoms with van der Waals surface area (Å²) in [5.74, 6) is 0. The Hall–Kier alpha value is -1.07. The Balaban J connectivity index is 3.43. The molecule has 1 aromatic carbocycles. The zero-order valence-electron chi connectivity index (χ0n) is 10.8. The van der Waals surface area contributed by atoms with Gasteiger partial charge in [-0.25, -0.2) is 8.42 Å². The summed E-state index contributed by atoms with van der Waals surface area (Å²) < 4.78 is 26.2. The summed E-state index contributed by atoms with van der Waals surface area (Å²) in [5.41, 5.74) is 7.83. The molecule has 0 bridgehead atoms. The minimum absolute atomic E-state index is 0.318. The number of hydrogen-bond acceptors (Lipinski definition) is 3. The molecule has 0 aliphatic heterocycles. The van der Waals surface area contributed by atoms with E-state index in [2.05, 4.69) is 0 Å². The predicted octanol–water partition coefficient (Wildman–Crippen LogP) is 1.92. The summed E-state index contributed by atoms with van der Waals surface area (Å²) >= 11 is 0. The van der Waals surface area contributed by atoms with Crippen LogP contribution in [-0.4, -0.2) is 25.8 Å². The summed E-state index contributed by atoms with van der Waals surface area (Å²) in [6.07, 6.45) is 0. The molecule has 0 amide bonds. The van der Waals surface area contributed by atoms with Crippen LogP contribution in [0.25, 0.3) is 0 Å². The molecule has 0 aliphatic carbocycles. The lowest BCUT2D eigenvalue weighted by molar-refractivity contribution is 0.445. The van der Waals surface area contributed by atoms with Gasteiger partial charge in [0.25, 0.3) is 0 Å². The first-order valence-electron chi connectivity index (χ1n) is 5.71. The van der Waals surface area contributed by atoms with Gasteiger partial charge in [0.2, 0.25) is 10.0 Å². The minimum atomic E-state index is -3.42. The predicted molar refractivity (Wildman–Crippen MR) is 70.4 cm³/mol. The molecule has 17 heavy (non-hydrogen) atoms. The van der Waals surface area contributed by atoms with E-state index in [0.717, 1.165) is 5.56 Å². The topological polar surface area (TPSA) is 63.4 Å². The quantitative estimate of drug-likeness (QED) is 0.837. The van der Waals surface area contributed by atoms with Crippen molar-refractivity contribution in [1.82, 2.24) is 4.31 Å². The van der Waals surface area contributed by atoms with Crippen molar-refractivity contribution >= 4 is 15.7 Å². The second-order valence-electron chi connectivity index (χ2n) is 4.07. The van der Waals surface area contributed by atoms with Gasteiger partial charge in [-0.3, -0.25) is 0 Å². The lowest BCUT2D eigenvalue weighted by atomic mass is 10.1. The minimum Gasteiger partial charge on any atom is -0.398 e. The van der Waals surface area contributed by atoms with Gasteiger partial charge in [0.1, 0.15) is 0 Å². The lowest BCUT2D eigenvalue weighted by Crippen LogP contribution is -2.31. The van der Waals surface area contributed by atoms with Crippen LogP contribution in [0.4, 0.5) is 5.69 Å². The van der Waals surface area contributed by atoms with Gasteiger partial charge in [0.05, 0.1) is 4.90 Å². The van der Waals surface area contributed by atoms with Crippen LogP contribution in [0.2, 0.25) is 0 Å². The summed E-state index contributed by atoms with van der Waals surface area (Å²) in [6, 6.07) is 3.47. The number of aryl methyl sites for hydroxylation is 1. The van der Waals surface area contributed by atoms with E-state index >= 15 is 0 Å². The third kappa shape index (κ3) is 2.61. The maximum Gasteiger partial charge on any atom is 0.243 e. The fraction of sp³-hybridized carbons (Fsp3) is 0.500. The van der Waals surface area contributed by atoms with Crippen LogP contribution in [0.5, 0.6) is 0 Å². The highest BCUT2D eigenvalue weighted by molar-refractivity contribution is 7.89. The molecule has 0 radical (unpaired) electrons. The number of hydrogen-bond donors (Lipinski definition) is 1. The molecule has 0 unspecified atom stereocenters. The van der Waals surface area contributed by atoms with Gasteiger partial charge < -0.3 is 5.73 Å². The maximum absolute atomic E-state index is 12.4. The Kier molecular flexibility index (Phi) is 4.16. The summed E-state index contributed by atoms with van der Waals surface area (Å²) in [4.78, 5) is 0.318. The van der Waals surface area contributed by atoms with E-state index in [4.69, 9.17) is 5.73 Å². The first-order valence-corrected chi connectivity index (χ1v) is 7.15. The molecule has 0 heterocycles. The number of rotatable bonds is 4. The van der Waals surface area contributed by atoms with Crippen molar-refractivity contribution < 1.29 is 8.42 Å². The molecule has 5 heteroatoms. The van der Waals surface area contributed by atoms with E-state index in [1.807, 2.05) is 20.8 Å². The number of nitrogen functional groups attached to an aromatic ring is 1. The van der Waals surface area contributed by atoms with Crippen molar-refractivity contribution in [2.24, 2.45) is 0 Å². The van der Waals surface area contributed by atoms with Crippen molar-refractivity contribution in [2.75, 3.05) is 18.8 Å². The fourth-order valence-electron chi connectivity index (χ4n) is 1.82. The highest BCUT2D eigenvalue weighted by atomic mass is 32.2. The fourth-order valence-corrected chi connectivity index (χ4v) is 3.62. The smallest absolute Gasteiger partial charge is 0.243 e. The van der Waals surface area contributed by atoms with Gasteiger partial charge in [-0.15, -0.1) is 0 Å². The molecule has 0 spiro atoms. The van der Waals surface area contributed by atoms with E-state index in [-0.39, 0.29) is 0 Å². The average Bonchev–Trinajstić information content (AvgIpc) is 2.24. The normalized spacial score (nSPS) is 12.1. The zero-order chi connectivity index (χ0) is 13.2. The van der Waals surface area contributed by atoms with Crippen LogP contribution in [0.3, 0.4) is 0 Å². The van der Waals surface area contributed by atoms with E-state index in [9.17, 15) is 8.42 Å². The third-order valence-corrected chi connectivity index (χ3v) is 5.04. The van der Waals surface area contributed by atoms with Crippen molar-refractivity contribution in [3.8, 4) is 0 Å². The molecule has 0 aliphatic rings. The van der Waals surface area contributed by atoms with Gasteiger partial charge in [-0.1, -0.05) is 13.8 Å². The molecule has 0 aromatic heterocycles. The van der Waals surface area contributed by atoms with Gasteiger partial charge in [0, 0.05) is 18.8 Å². The molecule has 0 atom stereocenters. The van der Waals surface area contributed by atoms with E-state index < -0.39 is 10.0 Å². The largest absolute Gasteiger partial charge is 0.398 e. The molecule has 1 rings (SSSR count). The number of anilines is 1. The zero-order valence-corrected chi connectivity index (χ0v) is 11.6. The first-order chi connectivity index (χ1) is 7.84. The van der Waals surface area contributed by atoms with Crippen molar-refractivity contribution in [2.45, 2.75) is 32.6 Å². The van der Waals surface area contributed by atoms with Crippen molar-refractivity contribution in [3.63, 3.8) is 0 Å². The summed E-state index contributed by atoms with van der Waals surface area (Å²) in [5, 5.41) is 0. The van der Waals surface area contributed by atoms with Crippen LogP contribution in [0.15, 0.2) is 17.0 Å². The van der Waals surface area contributed by atoms with Gasteiger partial charge in [-0.2, -0.15) is 4.31 Å². The monoisotopic (exact) mass is 256 g/mol. The maximum atomic E-state index is 12.4. The Morgan fingerprint density at radius 3 is 2.18 bits per heavy atom.